The highest BCUT2D eigenvalue weighted by Crippen LogP contribution is 2.27. The molecule has 4 rings (SSSR count). The smallest absolute Gasteiger partial charge is 0.410 e. The minimum absolute atomic E-state index is 0.165. The van der Waals surface area contributed by atoms with E-state index < -0.39 is 5.60 Å². The molecule has 3 heterocycles. The molecular formula is C22H26N4O2. The van der Waals surface area contributed by atoms with E-state index in [4.69, 9.17) is 9.84 Å². The normalized spacial score (nSPS) is 17.7. The van der Waals surface area contributed by atoms with Crippen LogP contribution in [-0.2, 0) is 4.74 Å². The van der Waals surface area contributed by atoms with Gasteiger partial charge in [-0.05, 0) is 69.0 Å². The fourth-order valence-corrected chi connectivity index (χ4v) is 3.62. The van der Waals surface area contributed by atoms with Gasteiger partial charge in [0.25, 0.3) is 0 Å². The molecule has 0 spiro atoms. The molecule has 1 fully saturated rings. The third-order valence-electron chi connectivity index (χ3n) is 4.96. The van der Waals surface area contributed by atoms with Crippen LogP contribution in [0.3, 0.4) is 0 Å². The second-order valence-corrected chi connectivity index (χ2v) is 8.34. The van der Waals surface area contributed by atoms with Gasteiger partial charge in [-0.15, -0.1) is 0 Å². The van der Waals surface area contributed by atoms with Crippen LogP contribution in [0.5, 0.6) is 0 Å². The number of nitrogens with zero attached hydrogens (tertiary/aromatic N) is 4. The van der Waals surface area contributed by atoms with Crippen LogP contribution in [0.25, 0.3) is 22.0 Å². The maximum atomic E-state index is 12.4. The fourth-order valence-electron chi connectivity index (χ4n) is 3.62. The molecule has 6 nitrogen and oxygen atoms in total. The Kier molecular flexibility index (Phi) is 4.79. The number of likely N-dealkylation sites (tertiary alicyclic amines) is 1. The van der Waals surface area contributed by atoms with Gasteiger partial charge in [-0.3, -0.25) is 9.67 Å². The van der Waals surface area contributed by atoms with Crippen LogP contribution < -0.4 is 0 Å². The van der Waals surface area contributed by atoms with Gasteiger partial charge in [-0.2, -0.15) is 5.10 Å². The summed E-state index contributed by atoms with van der Waals surface area (Å²) in [5.41, 5.74) is 2.77. The van der Waals surface area contributed by atoms with Gasteiger partial charge in [-0.25, -0.2) is 4.79 Å². The Labute approximate surface area is 165 Å². The highest BCUT2D eigenvalue weighted by molar-refractivity contribution is 5.84. The number of aromatic nitrogens is 3. The number of hydrogen-bond donors (Lipinski definition) is 0. The van der Waals surface area contributed by atoms with Crippen LogP contribution in [0.2, 0.25) is 0 Å². The summed E-state index contributed by atoms with van der Waals surface area (Å²) in [6.45, 7) is 7.05. The van der Waals surface area contributed by atoms with Gasteiger partial charge in [0.1, 0.15) is 5.60 Å². The van der Waals surface area contributed by atoms with Gasteiger partial charge in [0.15, 0.2) is 0 Å². The third-order valence-corrected chi connectivity index (χ3v) is 4.96. The highest BCUT2D eigenvalue weighted by Gasteiger charge is 2.28. The van der Waals surface area contributed by atoms with Crippen molar-refractivity contribution < 1.29 is 9.53 Å². The zero-order valence-electron chi connectivity index (χ0n) is 16.6. The number of carbonyl (C=O) groups excluding carboxylic acids is 1. The number of benzene rings is 1. The van der Waals surface area contributed by atoms with Crippen molar-refractivity contribution in [1.29, 1.82) is 0 Å². The van der Waals surface area contributed by atoms with Gasteiger partial charge in [0.05, 0.1) is 11.6 Å². The van der Waals surface area contributed by atoms with E-state index in [1.165, 1.54) is 0 Å². The number of fused-ring (bicyclic) bond motifs is 1. The van der Waals surface area contributed by atoms with E-state index in [0.29, 0.717) is 6.54 Å². The lowest BCUT2D eigenvalue weighted by Crippen LogP contribution is -2.43. The summed E-state index contributed by atoms with van der Waals surface area (Å²) in [4.78, 5) is 18.3. The first-order valence-electron chi connectivity index (χ1n) is 9.76. The van der Waals surface area contributed by atoms with Crippen LogP contribution in [0.15, 0.2) is 48.9 Å². The summed E-state index contributed by atoms with van der Waals surface area (Å²) < 4.78 is 7.55. The molecule has 0 aliphatic carbocycles. The van der Waals surface area contributed by atoms with Gasteiger partial charge in [0.2, 0.25) is 0 Å². The van der Waals surface area contributed by atoms with Gasteiger partial charge in [0, 0.05) is 37.1 Å². The van der Waals surface area contributed by atoms with Crippen LogP contribution >= 0.6 is 0 Å². The Bertz CT molecular complexity index is 975. The van der Waals surface area contributed by atoms with Crippen molar-refractivity contribution in [3.63, 3.8) is 0 Å². The van der Waals surface area contributed by atoms with Crippen molar-refractivity contribution in [1.82, 2.24) is 19.7 Å². The molecule has 6 heteroatoms. The Morgan fingerprint density at radius 3 is 2.68 bits per heavy atom. The third kappa shape index (κ3) is 4.01. The molecule has 0 radical (unpaired) electrons. The minimum Gasteiger partial charge on any atom is -0.444 e. The van der Waals surface area contributed by atoms with Gasteiger partial charge >= 0.3 is 6.09 Å². The van der Waals surface area contributed by atoms with Crippen molar-refractivity contribution in [3.05, 3.63) is 48.9 Å². The second kappa shape index (κ2) is 7.26. The molecule has 1 aliphatic heterocycles. The predicted molar refractivity (Wildman–Crippen MR) is 109 cm³/mol. The van der Waals surface area contributed by atoms with Gasteiger partial charge < -0.3 is 9.64 Å². The molecule has 0 saturated carbocycles. The van der Waals surface area contributed by atoms with Crippen LogP contribution in [-0.4, -0.2) is 44.4 Å². The van der Waals surface area contributed by atoms with Crippen molar-refractivity contribution in [2.45, 2.75) is 45.3 Å². The van der Waals surface area contributed by atoms with Crippen LogP contribution in [0.4, 0.5) is 4.79 Å². The first-order valence-corrected chi connectivity index (χ1v) is 9.76. The lowest BCUT2D eigenvalue weighted by Gasteiger charge is -2.34. The fraction of sp³-hybridized carbons (Fsp3) is 0.409. The predicted octanol–water partition coefficient (Wildman–Crippen LogP) is 4.67. The van der Waals surface area contributed by atoms with E-state index in [-0.39, 0.29) is 12.1 Å². The molecule has 1 amide bonds. The Balaban J connectivity index is 1.54. The number of piperidine rings is 1. The zero-order valence-corrected chi connectivity index (χ0v) is 16.6. The standard InChI is InChI=1S/C22H26N4O2/c1-22(2,3)28-21(27)25-12-4-5-19(15-25)26-14-18-13-17(6-7-20(18)24-26)16-8-10-23-11-9-16/h6-11,13-14,19H,4-5,12,15H2,1-3H3. The number of amides is 1. The first kappa shape index (κ1) is 18.5. The molecule has 1 aromatic carbocycles. The Hall–Kier alpha value is -2.89. The SMILES string of the molecule is CC(C)(C)OC(=O)N1CCCC(n2cc3cc(-c4ccncc4)ccc3n2)C1. The topological polar surface area (TPSA) is 60.2 Å². The summed E-state index contributed by atoms with van der Waals surface area (Å²) in [6.07, 6.45) is 7.40. The minimum atomic E-state index is -0.478. The molecule has 146 valence electrons. The van der Waals surface area contributed by atoms with Crippen molar-refractivity contribution in [2.24, 2.45) is 0 Å². The Morgan fingerprint density at radius 2 is 1.93 bits per heavy atom. The number of carbonyl (C=O) groups is 1. The van der Waals surface area contributed by atoms with Crippen molar-refractivity contribution >= 4 is 17.0 Å². The van der Waals surface area contributed by atoms with E-state index in [2.05, 4.69) is 29.4 Å². The Morgan fingerprint density at radius 1 is 1.14 bits per heavy atom. The summed E-state index contributed by atoms with van der Waals surface area (Å²) in [6, 6.07) is 10.5. The molecule has 28 heavy (non-hydrogen) atoms. The van der Waals surface area contributed by atoms with Crippen molar-refractivity contribution in [2.75, 3.05) is 13.1 Å². The number of rotatable bonds is 2. The molecule has 2 aromatic heterocycles. The van der Waals surface area contributed by atoms with E-state index in [0.717, 1.165) is 41.4 Å². The molecule has 0 N–H and O–H groups in total. The van der Waals surface area contributed by atoms with E-state index >= 15 is 0 Å². The molecule has 3 aromatic rings. The molecule has 1 unspecified atom stereocenters. The monoisotopic (exact) mass is 378 g/mol. The summed E-state index contributed by atoms with van der Waals surface area (Å²) in [5.74, 6) is 0. The van der Waals surface area contributed by atoms with E-state index in [9.17, 15) is 4.79 Å². The maximum absolute atomic E-state index is 12.4. The summed E-state index contributed by atoms with van der Waals surface area (Å²) in [5, 5.41) is 5.87. The zero-order chi connectivity index (χ0) is 19.7. The highest BCUT2D eigenvalue weighted by atomic mass is 16.6. The molecule has 1 aliphatic rings. The second-order valence-electron chi connectivity index (χ2n) is 8.34. The maximum Gasteiger partial charge on any atom is 0.410 e. The van der Waals surface area contributed by atoms with Crippen LogP contribution in [0, 0.1) is 0 Å². The quantitative estimate of drug-likeness (QED) is 0.650. The van der Waals surface area contributed by atoms with Gasteiger partial charge in [-0.1, -0.05) is 6.07 Å². The molecule has 0 bridgehead atoms. The molecular weight excluding hydrogens is 352 g/mol. The summed E-state index contributed by atoms with van der Waals surface area (Å²) >= 11 is 0. The molecule has 1 saturated heterocycles. The number of pyridine rings is 1. The van der Waals surface area contributed by atoms with Crippen molar-refractivity contribution in [3.8, 4) is 11.1 Å². The first-order chi connectivity index (χ1) is 13.4. The largest absolute Gasteiger partial charge is 0.444 e. The average Bonchev–Trinajstić information content (AvgIpc) is 3.11. The molecule has 1 atom stereocenters. The van der Waals surface area contributed by atoms with E-state index in [1.54, 1.807) is 17.3 Å². The lowest BCUT2D eigenvalue weighted by molar-refractivity contribution is 0.0168. The average molecular weight is 378 g/mol. The van der Waals surface area contributed by atoms with Crippen LogP contribution in [0.1, 0.15) is 39.7 Å². The lowest BCUT2D eigenvalue weighted by atomic mass is 10.1. The number of ether oxygens (including phenoxy) is 1. The van der Waals surface area contributed by atoms with E-state index in [1.807, 2.05) is 37.6 Å². The summed E-state index contributed by atoms with van der Waals surface area (Å²) in [7, 11) is 0. The number of hydrogen-bond acceptors (Lipinski definition) is 4.